The van der Waals surface area contributed by atoms with Gasteiger partial charge in [-0.25, -0.2) is 14.8 Å². The van der Waals surface area contributed by atoms with Crippen molar-refractivity contribution in [3.05, 3.63) is 54.0 Å². The molecule has 2 aromatic heterocycles. The third-order valence-electron chi connectivity index (χ3n) is 7.57. The van der Waals surface area contributed by atoms with E-state index in [9.17, 15) is 9.59 Å². The van der Waals surface area contributed by atoms with E-state index in [1.165, 1.54) is 0 Å². The van der Waals surface area contributed by atoms with E-state index in [-0.39, 0.29) is 17.7 Å². The van der Waals surface area contributed by atoms with Gasteiger partial charge in [-0.05, 0) is 49.6 Å². The molecule has 0 aliphatic heterocycles. The standard InChI is InChI=1S/C29H34N4O3/c1-4-36-28(35)23(31-24-18-25(34)29(24)14-6-5-7-15-29)17-20-10-12-21(13-11-20)33-26(19(2)3)32-22-9-8-16-30-27(22)33/h8-13,16,19,23H,4-7,14-15,17-18H2,1-3H3/t23-/m0/s1. The van der Waals surface area contributed by atoms with Gasteiger partial charge in [0.25, 0.3) is 0 Å². The number of nitrogens with zero attached hydrogens (tertiary/aromatic N) is 4. The lowest BCUT2D eigenvalue weighted by molar-refractivity contribution is -0.144. The van der Waals surface area contributed by atoms with E-state index in [0.717, 1.165) is 66.1 Å². The number of rotatable bonds is 7. The first kappa shape index (κ1) is 24.3. The summed E-state index contributed by atoms with van der Waals surface area (Å²) >= 11 is 0. The molecule has 0 radical (unpaired) electrons. The number of esters is 1. The number of hydrogen-bond donors (Lipinski definition) is 0. The third kappa shape index (κ3) is 4.36. The summed E-state index contributed by atoms with van der Waals surface area (Å²) in [5, 5.41) is 0. The fourth-order valence-corrected chi connectivity index (χ4v) is 5.62. The Bertz CT molecular complexity index is 1300. The highest BCUT2D eigenvalue weighted by Crippen LogP contribution is 2.47. The van der Waals surface area contributed by atoms with Crippen LogP contribution in [-0.2, 0) is 20.7 Å². The first-order valence-corrected chi connectivity index (χ1v) is 13.1. The van der Waals surface area contributed by atoms with Gasteiger partial charge in [0.2, 0.25) is 0 Å². The molecule has 7 nitrogen and oxygen atoms in total. The van der Waals surface area contributed by atoms with Crippen molar-refractivity contribution in [3.8, 4) is 5.69 Å². The molecule has 1 atom stereocenters. The monoisotopic (exact) mass is 486 g/mol. The van der Waals surface area contributed by atoms with Crippen LogP contribution in [0.15, 0.2) is 47.6 Å². The van der Waals surface area contributed by atoms with Crippen LogP contribution in [0, 0.1) is 5.41 Å². The SMILES string of the molecule is CCOC(=O)[C@H](Cc1ccc(-n2c(C(C)C)nc3cccnc32)cc1)N=C1CC(=O)C12CCCCC2. The number of benzene rings is 1. The number of ketones is 1. The van der Waals surface area contributed by atoms with Gasteiger partial charge in [0.05, 0.1) is 12.0 Å². The minimum Gasteiger partial charge on any atom is -0.464 e. The zero-order valence-corrected chi connectivity index (χ0v) is 21.4. The number of aromatic nitrogens is 3. The Morgan fingerprint density at radius 3 is 2.56 bits per heavy atom. The predicted octanol–water partition coefficient (Wildman–Crippen LogP) is 5.38. The van der Waals surface area contributed by atoms with Gasteiger partial charge in [0.1, 0.15) is 17.1 Å². The summed E-state index contributed by atoms with van der Waals surface area (Å²) in [6, 6.07) is 11.4. The predicted molar refractivity (Wildman–Crippen MR) is 140 cm³/mol. The highest BCUT2D eigenvalue weighted by atomic mass is 16.5. The average Bonchev–Trinajstić information content (AvgIpc) is 3.29. The van der Waals surface area contributed by atoms with Gasteiger partial charge >= 0.3 is 5.97 Å². The van der Waals surface area contributed by atoms with Crippen molar-refractivity contribution in [3.63, 3.8) is 0 Å². The Labute approximate surface area is 212 Å². The summed E-state index contributed by atoms with van der Waals surface area (Å²) in [7, 11) is 0. The molecule has 0 amide bonds. The van der Waals surface area contributed by atoms with Crippen molar-refractivity contribution < 1.29 is 14.3 Å². The van der Waals surface area contributed by atoms with Crippen LogP contribution in [0.25, 0.3) is 16.9 Å². The molecule has 2 saturated carbocycles. The minimum absolute atomic E-state index is 0.236. The van der Waals surface area contributed by atoms with Crippen LogP contribution in [0.1, 0.15) is 76.6 Å². The van der Waals surface area contributed by atoms with E-state index >= 15 is 0 Å². The maximum atomic E-state index is 12.9. The van der Waals surface area contributed by atoms with E-state index in [4.69, 9.17) is 14.7 Å². The van der Waals surface area contributed by atoms with Crippen LogP contribution in [-0.4, -0.2) is 44.6 Å². The van der Waals surface area contributed by atoms with Crippen LogP contribution >= 0.6 is 0 Å². The number of hydrogen-bond acceptors (Lipinski definition) is 6. The van der Waals surface area contributed by atoms with Crippen LogP contribution in [0.4, 0.5) is 0 Å². The number of Topliss-reactive ketones (excluding diaryl/α,β-unsaturated/α-hetero) is 1. The summed E-state index contributed by atoms with van der Waals surface area (Å²) in [4.78, 5) is 39.7. The Balaban J connectivity index is 1.43. The zero-order chi connectivity index (χ0) is 25.3. The van der Waals surface area contributed by atoms with Crippen LogP contribution in [0.5, 0.6) is 0 Å². The molecule has 5 rings (SSSR count). The molecule has 2 aliphatic carbocycles. The molecule has 2 heterocycles. The number of ether oxygens (including phenoxy) is 1. The molecule has 2 aliphatic rings. The molecule has 0 unspecified atom stereocenters. The van der Waals surface area contributed by atoms with Gasteiger partial charge in [-0.3, -0.25) is 14.4 Å². The second-order valence-corrected chi connectivity index (χ2v) is 10.3. The maximum Gasteiger partial charge on any atom is 0.331 e. The number of fused-ring (bicyclic) bond motifs is 1. The van der Waals surface area contributed by atoms with Gasteiger partial charge in [0, 0.05) is 36.4 Å². The largest absolute Gasteiger partial charge is 0.464 e. The second-order valence-electron chi connectivity index (χ2n) is 10.3. The first-order valence-electron chi connectivity index (χ1n) is 13.1. The first-order chi connectivity index (χ1) is 17.4. The summed E-state index contributed by atoms with van der Waals surface area (Å²) < 4.78 is 7.47. The Hall–Kier alpha value is -3.35. The van der Waals surface area contributed by atoms with Crippen LogP contribution < -0.4 is 0 Å². The van der Waals surface area contributed by atoms with E-state index in [1.54, 1.807) is 6.20 Å². The topological polar surface area (TPSA) is 86.4 Å². The molecular weight excluding hydrogens is 452 g/mol. The summed E-state index contributed by atoms with van der Waals surface area (Å²) in [6.45, 7) is 6.36. The minimum atomic E-state index is -0.639. The molecular formula is C29H34N4O3. The number of aliphatic imine (C=N–C) groups is 1. The number of pyridine rings is 1. The lowest BCUT2D eigenvalue weighted by atomic mass is 9.58. The van der Waals surface area contributed by atoms with E-state index in [1.807, 2.05) is 43.3 Å². The Kier molecular flexibility index (Phi) is 6.73. The fourth-order valence-electron chi connectivity index (χ4n) is 5.62. The molecule has 36 heavy (non-hydrogen) atoms. The zero-order valence-electron chi connectivity index (χ0n) is 21.4. The lowest BCUT2D eigenvalue weighted by Crippen LogP contribution is -2.52. The normalized spacial score (nSPS) is 19.1. The van der Waals surface area contributed by atoms with Crippen LogP contribution in [0.2, 0.25) is 0 Å². The summed E-state index contributed by atoms with van der Waals surface area (Å²) in [6.07, 6.45) is 7.57. The lowest BCUT2D eigenvalue weighted by Gasteiger charge is -2.44. The Morgan fingerprint density at radius 1 is 1.14 bits per heavy atom. The Morgan fingerprint density at radius 2 is 1.89 bits per heavy atom. The highest BCUT2D eigenvalue weighted by molar-refractivity contribution is 6.27. The number of imidazole rings is 1. The van der Waals surface area contributed by atoms with Gasteiger partial charge in [0.15, 0.2) is 11.7 Å². The van der Waals surface area contributed by atoms with Crippen molar-refractivity contribution in [1.82, 2.24) is 14.5 Å². The molecule has 3 aromatic rings. The fraction of sp³-hybridized carbons (Fsp3) is 0.483. The van der Waals surface area contributed by atoms with E-state index < -0.39 is 11.5 Å². The van der Waals surface area contributed by atoms with Gasteiger partial charge in [-0.15, -0.1) is 0 Å². The van der Waals surface area contributed by atoms with Crippen molar-refractivity contribution in [2.24, 2.45) is 10.4 Å². The average molecular weight is 487 g/mol. The van der Waals surface area contributed by atoms with Crippen molar-refractivity contribution in [2.45, 2.75) is 77.7 Å². The molecule has 1 aromatic carbocycles. The van der Waals surface area contributed by atoms with Crippen LogP contribution in [0.3, 0.4) is 0 Å². The summed E-state index contributed by atoms with van der Waals surface area (Å²) in [5.41, 5.74) is 4.16. The molecule has 0 bridgehead atoms. The molecule has 7 heteroatoms. The van der Waals surface area contributed by atoms with Gasteiger partial charge < -0.3 is 4.74 Å². The number of carbonyl (C=O) groups is 2. The number of carbonyl (C=O) groups excluding carboxylic acids is 2. The molecule has 188 valence electrons. The van der Waals surface area contributed by atoms with E-state index in [2.05, 4.69) is 23.4 Å². The van der Waals surface area contributed by atoms with Crippen molar-refractivity contribution in [1.29, 1.82) is 0 Å². The van der Waals surface area contributed by atoms with E-state index in [0.29, 0.717) is 19.4 Å². The maximum absolute atomic E-state index is 12.9. The smallest absolute Gasteiger partial charge is 0.331 e. The van der Waals surface area contributed by atoms with Crippen molar-refractivity contribution >= 4 is 28.6 Å². The second kappa shape index (κ2) is 9.96. The third-order valence-corrected chi connectivity index (χ3v) is 7.57. The van der Waals surface area contributed by atoms with Crippen molar-refractivity contribution in [2.75, 3.05) is 6.61 Å². The molecule has 0 saturated heterocycles. The molecule has 0 N–H and O–H groups in total. The summed E-state index contributed by atoms with van der Waals surface area (Å²) in [5.74, 6) is 1.15. The van der Waals surface area contributed by atoms with Gasteiger partial charge in [-0.2, -0.15) is 0 Å². The van der Waals surface area contributed by atoms with Gasteiger partial charge in [-0.1, -0.05) is 45.2 Å². The molecule has 2 fully saturated rings. The molecule has 1 spiro atoms. The highest BCUT2D eigenvalue weighted by Gasteiger charge is 2.52. The quantitative estimate of drug-likeness (QED) is 0.418.